The van der Waals surface area contributed by atoms with Crippen molar-refractivity contribution in [2.24, 2.45) is 23.7 Å². The molecule has 1 heteroatoms. The van der Waals surface area contributed by atoms with Crippen molar-refractivity contribution >= 4 is 0 Å². The molecule has 0 heterocycles. The van der Waals surface area contributed by atoms with Crippen LogP contribution in [0, 0.1) is 23.7 Å². The van der Waals surface area contributed by atoms with Crippen LogP contribution in [0.25, 0.3) is 0 Å². The summed E-state index contributed by atoms with van der Waals surface area (Å²) in [6.07, 6.45) is 20.2. The molecule has 0 spiro atoms. The third-order valence-electron chi connectivity index (χ3n) is 6.66. The Morgan fingerprint density at radius 1 is 0.652 bits per heavy atom. The fourth-order valence-corrected chi connectivity index (χ4v) is 4.97. The van der Waals surface area contributed by atoms with E-state index >= 15 is 0 Å². The molecule has 0 aromatic heterocycles. The van der Waals surface area contributed by atoms with Gasteiger partial charge in [0.05, 0.1) is 0 Å². The number of hydrogen-bond donors (Lipinski definition) is 0. The lowest BCUT2D eigenvalue weighted by Crippen LogP contribution is -2.27. The second kappa shape index (κ2) is 11.5. The summed E-state index contributed by atoms with van der Waals surface area (Å²) >= 11 is 0. The van der Waals surface area contributed by atoms with E-state index in [9.17, 15) is 0 Å². The van der Waals surface area contributed by atoms with E-state index in [4.69, 9.17) is 4.74 Å². The molecule has 2 fully saturated rings. The summed E-state index contributed by atoms with van der Waals surface area (Å²) < 4.78 is 5.91. The summed E-state index contributed by atoms with van der Waals surface area (Å²) in [5.74, 6) is 4.06. The summed E-state index contributed by atoms with van der Waals surface area (Å²) in [6.45, 7) is 6.63. The van der Waals surface area contributed by atoms with Crippen molar-refractivity contribution in [3.63, 3.8) is 0 Å². The van der Waals surface area contributed by atoms with Crippen LogP contribution in [-0.2, 0) is 4.74 Å². The van der Waals surface area contributed by atoms with Crippen molar-refractivity contribution < 1.29 is 4.74 Å². The van der Waals surface area contributed by atoms with Gasteiger partial charge in [-0.25, -0.2) is 0 Å². The van der Waals surface area contributed by atoms with E-state index in [1.807, 2.05) is 0 Å². The Hall–Kier alpha value is -0.0400. The first-order valence-electron chi connectivity index (χ1n) is 10.9. The van der Waals surface area contributed by atoms with Crippen molar-refractivity contribution in [3.8, 4) is 0 Å². The van der Waals surface area contributed by atoms with Crippen LogP contribution < -0.4 is 0 Å². The first kappa shape index (κ1) is 19.3. The van der Waals surface area contributed by atoms with Crippen LogP contribution in [-0.4, -0.2) is 13.2 Å². The van der Waals surface area contributed by atoms with Crippen LogP contribution in [0.4, 0.5) is 0 Å². The zero-order valence-electron chi connectivity index (χ0n) is 16.0. The van der Waals surface area contributed by atoms with Gasteiger partial charge in [0.25, 0.3) is 0 Å². The lowest BCUT2D eigenvalue weighted by molar-refractivity contribution is 0.0627. The summed E-state index contributed by atoms with van der Waals surface area (Å²) in [5, 5.41) is 0. The van der Waals surface area contributed by atoms with Gasteiger partial charge in [-0.05, 0) is 68.6 Å². The molecule has 136 valence electrons. The molecule has 0 atom stereocenters. The van der Waals surface area contributed by atoms with E-state index in [1.54, 1.807) is 0 Å². The minimum Gasteiger partial charge on any atom is -0.381 e. The topological polar surface area (TPSA) is 9.23 Å². The normalized spacial score (nSPS) is 32.1. The Morgan fingerprint density at radius 2 is 1.22 bits per heavy atom. The highest BCUT2D eigenvalue weighted by Crippen LogP contribution is 2.42. The van der Waals surface area contributed by atoms with Crippen molar-refractivity contribution in [1.82, 2.24) is 0 Å². The molecule has 0 amide bonds. The fraction of sp³-hybridized carbons (Fsp3) is 1.00. The molecule has 23 heavy (non-hydrogen) atoms. The molecule has 2 saturated carbocycles. The fourth-order valence-electron chi connectivity index (χ4n) is 4.97. The van der Waals surface area contributed by atoms with Gasteiger partial charge in [0, 0.05) is 13.2 Å². The van der Waals surface area contributed by atoms with Gasteiger partial charge in [-0.1, -0.05) is 58.8 Å². The zero-order valence-corrected chi connectivity index (χ0v) is 16.0. The van der Waals surface area contributed by atoms with Gasteiger partial charge in [0.1, 0.15) is 0 Å². The summed E-state index contributed by atoms with van der Waals surface area (Å²) in [4.78, 5) is 0. The maximum atomic E-state index is 5.91. The van der Waals surface area contributed by atoms with Gasteiger partial charge in [0.2, 0.25) is 0 Å². The molecule has 2 rings (SSSR count). The van der Waals surface area contributed by atoms with Gasteiger partial charge < -0.3 is 4.74 Å². The van der Waals surface area contributed by atoms with Gasteiger partial charge in [-0.2, -0.15) is 0 Å². The van der Waals surface area contributed by atoms with Gasteiger partial charge in [-0.3, -0.25) is 0 Å². The van der Waals surface area contributed by atoms with E-state index in [0.717, 1.165) is 36.9 Å². The first-order chi connectivity index (χ1) is 11.3. The highest BCUT2D eigenvalue weighted by atomic mass is 16.5. The maximum Gasteiger partial charge on any atom is 0.0494 e. The largest absolute Gasteiger partial charge is 0.381 e. The molecule has 0 aliphatic heterocycles. The highest BCUT2D eigenvalue weighted by Gasteiger charge is 2.30. The molecule has 0 bridgehead atoms. The standard InChI is InChI=1S/C22H42O/c1-3-5-7-17-23-18-20-11-15-22(16-12-20)21-13-9-19(10-14-21)8-6-4-2/h19-22H,3-18H2,1-2H3. The molecule has 0 saturated heterocycles. The number of unbranched alkanes of at least 4 members (excludes halogenated alkanes) is 3. The molecule has 0 aromatic carbocycles. The molecule has 0 N–H and O–H groups in total. The maximum absolute atomic E-state index is 5.91. The summed E-state index contributed by atoms with van der Waals surface area (Å²) in [5.41, 5.74) is 0. The van der Waals surface area contributed by atoms with Crippen molar-refractivity contribution in [2.45, 2.75) is 104 Å². The van der Waals surface area contributed by atoms with Crippen LogP contribution in [0.5, 0.6) is 0 Å². The lowest BCUT2D eigenvalue weighted by atomic mass is 9.69. The molecule has 2 aliphatic rings. The average molecular weight is 323 g/mol. The van der Waals surface area contributed by atoms with E-state index < -0.39 is 0 Å². The summed E-state index contributed by atoms with van der Waals surface area (Å²) in [7, 11) is 0. The molecule has 0 aromatic rings. The van der Waals surface area contributed by atoms with Crippen LogP contribution >= 0.6 is 0 Å². The monoisotopic (exact) mass is 322 g/mol. The quantitative estimate of drug-likeness (QED) is 0.393. The molecule has 0 unspecified atom stereocenters. The predicted molar refractivity (Wildman–Crippen MR) is 101 cm³/mol. The van der Waals surface area contributed by atoms with Crippen molar-refractivity contribution in [1.29, 1.82) is 0 Å². The van der Waals surface area contributed by atoms with Crippen LogP contribution in [0.3, 0.4) is 0 Å². The lowest BCUT2D eigenvalue weighted by Gasteiger charge is -2.38. The number of hydrogen-bond acceptors (Lipinski definition) is 1. The average Bonchev–Trinajstić information content (AvgIpc) is 2.61. The Balaban J connectivity index is 1.54. The van der Waals surface area contributed by atoms with Crippen molar-refractivity contribution in [3.05, 3.63) is 0 Å². The predicted octanol–water partition coefficient (Wildman–Crippen LogP) is 7.00. The van der Waals surface area contributed by atoms with Gasteiger partial charge in [0.15, 0.2) is 0 Å². The first-order valence-corrected chi connectivity index (χ1v) is 10.9. The Labute approximate surface area is 146 Å². The third kappa shape index (κ3) is 7.16. The van der Waals surface area contributed by atoms with E-state index in [1.165, 1.54) is 89.9 Å². The Morgan fingerprint density at radius 3 is 1.78 bits per heavy atom. The van der Waals surface area contributed by atoms with Crippen LogP contribution in [0.1, 0.15) is 104 Å². The molecule has 0 radical (unpaired) electrons. The highest BCUT2D eigenvalue weighted by molar-refractivity contribution is 4.82. The van der Waals surface area contributed by atoms with E-state index in [0.29, 0.717) is 0 Å². The summed E-state index contributed by atoms with van der Waals surface area (Å²) in [6, 6.07) is 0. The van der Waals surface area contributed by atoms with Crippen molar-refractivity contribution in [2.75, 3.05) is 13.2 Å². The zero-order chi connectivity index (χ0) is 16.3. The minimum atomic E-state index is 0.869. The van der Waals surface area contributed by atoms with E-state index in [-0.39, 0.29) is 0 Å². The Kier molecular flexibility index (Phi) is 9.65. The second-order valence-corrected chi connectivity index (χ2v) is 8.49. The third-order valence-corrected chi connectivity index (χ3v) is 6.66. The number of rotatable bonds is 10. The van der Waals surface area contributed by atoms with Crippen LogP contribution in [0.15, 0.2) is 0 Å². The Bertz CT molecular complexity index is 272. The molecule has 1 nitrogen and oxygen atoms in total. The molecular formula is C22H42O. The SMILES string of the molecule is CCCCCOCC1CCC(C2CCC(CCCC)CC2)CC1. The van der Waals surface area contributed by atoms with Gasteiger partial charge >= 0.3 is 0 Å². The van der Waals surface area contributed by atoms with Crippen LogP contribution in [0.2, 0.25) is 0 Å². The smallest absolute Gasteiger partial charge is 0.0494 e. The number of ether oxygens (including phenoxy) is 1. The minimum absolute atomic E-state index is 0.869. The molecule has 2 aliphatic carbocycles. The molecular weight excluding hydrogens is 280 g/mol. The second-order valence-electron chi connectivity index (χ2n) is 8.49. The van der Waals surface area contributed by atoms with Gasteiger partial charge in [-0.15, -0.1) is 0 Å². The van der Waals surface area contributed by atoms with E-state index in [2.05, 4.69) is 13.8 Å².